The van der Waals surface area contributed by atoms with Gasteiger partial charge in [0.25, 0.3) is 5.91 Å². The zero-order chi connectivity index (χ0) is 21.5. The van der Waals surface area contributed by atoms with Crippen molar-refractivity contribution in [1.29, 1.82) is 0 Å². The van der Waals surface area contributed by atoms with Crippen molar-refractivity contribution in [3.8, 4) is 0 Å². The quantitative estimate of drug-likeness (QED) is 0.411. The third kappa shape index (κ3) is 6.88. The molecule has 1 aliphatic carbocycles. The van der Waals surface area contributed by atoms with Crippen LogP contribution in [-0.2, 0) is 14.3 Å². The van der Waals surface area contributed by atoms with Gasteiger partial charge in [0, 0.05) is 15.4 Å². The molecule has 1 aliphatic rings. The number of hydrogen-bond donors (Lipinski definition) is 2. The molecule has 0 heterocycles. The van der Waals surface area contributed by atoms with Crippen molar-refractivity contribution in [2.24, 2.45) is 0 Å². The highest BCUT2D eigenvalue weighted by Gasteiger charge is 2.23. The van der Waals surface area contributed by atoms with Gasteiger partial charge < -0.3 is 15.4 Å². The molecule has 6 nitrogen and oxygen atoms in total. The van der Waals surface area contributed by atoms with Crippen LogP contribution >= 0.6 is 27.7 Å². The molecular formula is C22H23BrN2O4S. The minimum atomic E-state index is -0.591. The van der Waals surface area contributed by atoms with E-state index in [1.807, 2.05) is 31.2 Å². The summed E-state index contributed by atoms with van der Waals surface area (Å²) in [6.07, 6.45) is 2.06. The molecule has 2 amide bonds. The van der Waals surface area contributed by atoms with Crippen LogP contribution in [0.3, 0.4) is 0 Å². The molecule has 158 valence electrons. The number of nitrogens with one attached hydrogen (secondary N) is 2. The van der Waals surface area contributed by atoms with Gasteiger partial charge in [0.1, 0.15) is 0 Å². The Bertz CT molecular complexity index is 916. The fraction of sp³-hybridized carbons (Fsp3) is 0.318. The summed E-state index contributed by atoms with van der Waals surface area (Å²) in [4.78, 5) is 37.2. The Morgan fingerprint density at radius 3 is 2.50 bits per heavy atom. The van der Waals surface area contributed by atoms with Gasteiger partial charge in [-0.15, -0.1) is 11.8 Å². The lowest BCUT2D eigenvalue weighted by Gasteiger charge is -2.15. The van der Waals surface area contributed by atoms with Crippen LogP contribution in [0, 0.1) is 0 Å². The second kappa shape index (κ2) is 10.6. The summed E-state index contributed by atoms with van der Waals surface area (Å²) in [6, 6.07) is 14.6. The van der Waals surface area contributed by atoms with Gasteiger partial charge in [0.15, 0.2) is 6.61 Å². The smallest absolute Gasteiger partial charge is 0.339 e. The lowest BCUT2D eigenvalue weighted by atomic mass is 10.1. The number of hydrogen-bond acceptors (Lipinski definition) is 5. The monoisotopic (exact) mass is 490 g/mol. The van der Waals surface area contributed by atoms with Crippen molar-refractivity contribution in [3.63, 3.8) is 0 Å². The SMILES string of the molecule is C[C@H](NC(=O)COC(=O)c1ccccc1SCC(=O)NC1CC1)c1ccc(Br)cc1. The minimum Gasteiger partial charge on any atom is -0.452 e. The summed E-state index contributed by atoms with van der Waals surface area (Å²) >= 11 is 4.66. The molecule has 0 spiro atoms. The first-order valence-corrected chi connectivity index (χ1v) is 11.4. The van der Waals surface area contributed by atoms with E-state index in [-0.39, 0.29) is 30.2 Å². The second-order valence-corrected chi connectivity index (χ2v) is 8.98. The summed E-state index contributed by atoms with van der Waals surface area (Å²) in [5, 5.41) is 5.73. The standard InChI is InChI=1S/C22H23BrN2O4S/c1-14(15-6-8-16(23)9-7-15)24-20(26)12-29-22(28)18-4-2-3-5-19(18)30-13-21(27)25-17-10-11-17/h2-9,14,17H,10-13H2,1H3,(H,24,26)(H,25,27)/t14-/m0/s1. The summed E-state index contributed by atoms with van der Waals surface area (Å²) in [7, 11) is 0. The van der Waals surface area contributed by atoms with E-state index >= 15 is 0 Å². The molecule has 0 bridgehead atoms. The van der Waals surface area contributed by atoms with E-state index in [1.54, 1.807) is 24.3 Å². The summed E-state index contributed by atoms with van der Waals surface area (Å²) in [6.45, 7) is 1.49. The van der Waals surface area contributed by atoms with E-state index in [0.29, 0.717) is 16.5 Å². The molecule has 8 heteroatoms. The first-order valence-electron chi connectivity index (χ1n) is 9.65. The van der Waals surface area contributed by atoms with Crippen molar-refractivity contribution in [1.82, 2.24) is 10.6 Å². The first kappa shape index (κ1) is 22.4. The highest BCUT2D eigenvalue weighted by molar-refractivity contribution is 9.10. The molecule has 0 unspecified atom stereocenters. The van der Waals surface area contributed by atoms with Crippen LogP contribution < -0.4 is 10.6 Å². The maximum Gasteiger partial charge on any atom is 0.339 e. The van der Waals surface area contributed by atoms with Crippen molar-refractivity contribution >= 4 is 45.5 Å². The zero-order valence-electron chi connectivity index (χ0n) is 16.5. The molecule has 0 aliphatic heterocycles. The number of halogens is 1. The number of carbonyl (C=O) groups excluding carboxylic acids is 3. The maximum absolute atomic E-state index is 12.5. The van der Waals surface area contributed by atoms with Gasteiger partial charge in [-0.25, -0.2) is 4.79 Å². The topological polar surface area (TPSA) is 84.5 Å². The number of amides is 2. The summed E-state index contributed by atoms with van der Waals surface area (Å²) in [5.74, 6) is -0.793. The van der Waals surface area contributed by atoms with Gasteiger partial charge >= 0.3 is 5.97 Å². The van der Waals surface area contributed by atoms with E-state index in [2.05, 4.69) is 26.6 Å². The number of thioether (sulfide) groups is 1. The number of esters is 1. The molecule has 1 saturated carbocycles. The Morgan fingerprint density at radius 1 is 1.10 bits per heavy atom. The van der Waals surface area contributed by atoms with E-state index < -0.39 is 5.97 Å². The van der Waals surface area contributed by atoms with E-state index in [4.69, 9.17) is 4.74 Å². The van der Waals surface area contributed by atoms with Gasteiger partial charge in [-0.1, -0.05) is 40.2 Å². The van der Waals surface area contributed by atoms with Crippen molar-refractivity contribution < 1.29 is 19.1 Å². The van der Waals surface area contributed by atoms with Gasteiger partial charge in [-0.2, -0.15) is 0 Å². The third-order valence-corrected chi connectivity index (χ3v) is 6.09. The van der Waals surface area contributed by atoms with Crippen LogP contribution in [0.15, 0.2) is 57.9 Å². The minimum absolute atomic E-state index is 0.0491. The highest BCUT2D eigenvalue weighted by atomic mass is 79.9. The first-order chi connectivity index (χ1) is 14.4. The van der Waals surface area contributed by atoms with Crippen molar-refractivity contribution in [2.75, 3.05) is 12.4 Å². The van der Waals surface area contributed by atoms with Crippen LogP contribution in [0.1, 0.15) is 41.7 Å². The van der Waals surface area contributed by atoms with Gasteiger partial charge in [-0.05, 0) is 49.6 Å². The molecule has 1 atom stereocenters. The number of benzene rings is 2. The van der Waals surface area contributed by atoms with Crippen LogP contribution in [0.5, 0.6) is 0 Å². The number of carbonyl (C=O) groups is 3. The molecule has 2 aromatic carbocycles. The molecule has 1 fully saturated rings. The zero-order valence-corrected chi connectivity index (χ0v) is 18.9. The van der Waals surface area contributed by atoms with Crippen molar-refractivity contribution in [3.05, 3.63) is 64.1 Å². The highest BCUT2D eigenvalue weighted by Crippen LogP contribution is 2.24. The Morgan fingerprint density at radius 2 is 1.80 bits per heavy atom. The van der Waals surface area contributed by atoms with Crippen LogP contribution in [0.2, 0.25) is 0 Å². The van der Waals surface area contributed by atoms with Crippen LogP contribution in [0.4, 0.5) is 0 Å². The van der Waals surface area contributed by atoms with Crippen LogP contribution in [-0.4, -0.2) is 36.2 Å². The lowest BCUT2D eigenvalue weighted by Crippen LogP contribution is -2.31. The Hall–Kier alpha value is -2.32. The number of rotatable bonds is 9. The molecular weight excluding hydrogens is 468 g/mol. The third-order valence-electron chi connectivity index (χ3n) is 4.49. The van der Waals surface area contributed by atoms with Crippen LogP contribution in [0.25, 0.3) is 0 Å². The Kier molecular flexibility index (Phi) is 7.93. The van der Waals surface area contributed by atoms with Gasteiger partial charge in [-0.3, -0.25) is 9.59 Å². The van der Waals surface area contributed by atoms with E-state index in [1.165, 1.54) is 11.8 Å². The van der Waals surface area contributed by atoms with Gasteiger partial charge in [0.05, 0.1) is 17.4 Å². The normalized spacial score (nSPS) is 13.9. The Balaban J connectivity index is 1.49. The second-order valence-electron chi connectivity index (χ2n) is 7.04. The Labute approximate surface area is 188 Å². The largest absolute Gasteiger partial charge is 0.452 e. The summed E-state index contributed by atoms with van der Waals surface area (Å²) in [5.41, 5.74) is 1.29. The molecule has 2 N–H and O–H groups in total. The molecule has 0 radical (unpaired) electrons. The maximum atomic E-state index is 12.5. The summed E-state index contributed by atoms with van der Waals surface area (Å²) < 4.78 is 6.15. The predicted molar refractivity (Wildman–Crippen MR) is 119 cm³/mol. The fourth-order valence-corrected chi connectivity index (χ4v) is 3.84. The number of ether oxygens (including phenoxy) is 1. The fourth-order valence-electron chi connectivity index (χ4n) is 2.73. The van der Waals surface area contributed by atoms with Crippen molar-refractivity contribution in [2.45, 2.75) is 36.7 Å². The van der Waals surface area contributed by atoms with E-state index in [0.717, 1.165) is 22.9 Å². The predicted octanol–water partition coefficient (Wildman–Crippen LogP) is 3.85. The molecule has 3 rings (SSSR count). The average Bonchev–Trinajstić information content (AvgIpc) is 3.55. The molecule has 0 aromatic heterocycles. The lowest BCUT2D eigenvalue weighted by molar-refractivity contribution is -0.125. The molecule has 0 saturated heterocycles. The van der Waals surface area contributed by atoms with E-state index in [9.17, 15) is 14.4 Å². The molecule has 30 heavy (non-hydrogen) atoms. The van der Waals surface area contributed by atoms with Gasteiger partial charge in [0.2, 0.25) is 5.91 Å². The molecule has 2 aromatic rings. The average molecular weight is 491 g/mol.